The molecule has 1 aliphatic carbocycles. The molecule has 1 saturated carbocycles. The molecule has 0 atom stereocenters. The number of aliphatic carboxylic acids is 1. The largest absolute Gasteiger partial charge is 0.481 e. The van der Waals surface area contributed by atoms with Gasteiger partial charge in [0.2, 0.25) is 0 Å². The average Bonchev–Trinajstić information content (AvgIpc) is 2.37. The molecule has 2 N–H and O–H groups in total. The zero-order chi connectivity index (χ0) is 13.9. The molecule has 0 amide bonds. The maximum atomic E-state index is 10.9. The van der Waals surface area contributed by atoms with E-state index in [2.05, 4.69) is 9.97 Å². The first-order valence-electron chi connectivity index (χ1n) is 6.36. The number of aliphatic hydroxyl groups is 1. The van der Waals surface area contributed by atoms with Gasteiger partial charge >= 0.3 is 5.97 Å². The van der Waals surface area contributed by atoms with Gasteiger partial charge < -0.3 is 10.2 Å². The van der Waals surface area contributed by atoms with E-state index in [1.54, 1.807) is 6.20 Å². The van der Waals surface area contributed by atoms with Crippen LogP contribution >= 0.6 is 11.8 Å². The van der Waals surface area contributed by atoms with Crippen molar-refractivity contribution in [2.75, 3.05) is 5.75 Å². The molecule has 1 aromatic heterocycles. The summed E-state index contributed by atoms with van der Waals surface area (Å²) in [6.45, 7) is 1.90. The molecule has 0 unspecified atom stereocenters. The number of carbonyl (C=O) groups is 1. The minimum absolute atomic E-state index is 0.305. The summed E-state index contributed by atoms with van der Waals surface area (Å²) in [5.74, 6) is -0.541. The molecular formula is C13H18N2O3S. The second-order valence-corrected chi connectivity index (χ2v) is 6.05. The number of carboxylic acid groups (broad SMARTS) is 1. The van der Waals surface area contributed by atoms with Gasteiger partial charge in [0.1, 0.15) is 0 Å². The molecule has 0 saturated heterocycles. The Morgan fingerprint density at radius 2 is 2.21 bits per heavy atom. The first-order chi connectivity index (χ1) is 8.98. The first-order valence-corrected chi connectivity index (χ1v) is 7.35. The maximum Gasteiger partial charge on any atom is 0.306 e. The van der Waals surface area contributed by atoms with Crippen molar-refractivity contribution in [3.63, 3.8) is 0 Å². The molecule has 0 aromatic carbocycles. The van der Waals surface area contributed by atoms with E-state index in [1.165, 1.54) is 11.8 Å². The van der Waals surface area contributed by atoms with E-state index in [0.29, 0.717) is 36.6 Å². The van der Waals surface area contributed by atoms with Crippen molar-refractivity contribution < 1.29 is 15.0 Å². The molecule has 5 nitrogen and oxygen atoms in total. The predicted molar refractivity (Wildman–Crippen MR) is 72.0 cm³/mol. The van der Waals surface area contributed by atoms with Crippen LogP contribution in [0.2, 0.25) is 0 Å². The van der Waals surface area contributed by atoms with Crippen molar-refractivity contribution in [1.29, 1.82) is 0 Å². The zero-order valence-electron chi connectivity index (χ0n) is 10.9. The van der Waals surface area contributed by atoms with Gasteiger partial charge in [0, 0.05) is 17.6 Å². The lowest BCUT2D eigenvalue weighted by atomic mass is 9.80. The summed E-state index contributed by atoms with van der Waals surface area (Å²) < 4.78 is 0. The number of hydrogen-bond donors (Lipinski definition) is 2. The van der Waals surface area contributed by atoms with Crippen LogP contribution in [-0.4, -0.2) is 37.5 Å². The lowest BCUT2D eigenvalue weighted by Gasteiger charge is -2.34. The van der Waals surface area contributed by atoms with Crippen molar-refractivity contribution in [2.24, 2.45) is 5.92 Å². The minimum Gasteiger partial charge on any atom is -0.481 e. The quantitative estimate of drug-likeness (QED) is 0.648. The Morgan fingerprint density at radius 3 is 2.79 bits per heavy atom. The average molecular weight is 282 g/mol. The van der Waals surface area contributed by atoms with Gasteiger partial charge in [-0.3, -0.25) is 4.79 Å². The van der Waals surface area contributed by atoms with Crippen molar-refractivity contribution in [2.45, 2.75) is 43.4 Å². The summed E-state index contributed by atoms with van der Waals surface area (Å²) in [4.78, 5) is 19.3. The number of hydrogen-bond acceptors (Lipinski definition) is 5. The molecule has 0 spiro atoms. The van der Waals surface area contributed by atoms with Crippen molar-refractivity contribution >= 4 is 17.7 Å². The number of nitrogens with zero attached hydrogens (tertiary/aromatic N) is 2. The van der Waals surface area contributed by atoms with Crippen LogP contribution in [0.15, 0.2) is 17.4 Å². The number of thioether (sulfide) groups is 1. The van der Waals surface area contributed by atoms with E-state index < -0.39 is 11.6 Å². The highest BCUT2D eigenvalue weighted by molar-refractivity contribution is 7.99. The van der Waals surface area contributed by atoms with Gasteiger partial charge in [-0.25, -0.2) is 9.97 Å². The molecule has 19 heavy (non-hydrogen) atoms. The molecule has 0 radical (unpaired) electrons. The second-order valence-electron chi connectivity index (χ2n) is 5.11. The molecule has 1 aliphatic rings. The van der Waals surface area contributed by atoms with E-state index >= 15 is 0 Å². The molecule has 104 valence electrons. The van der Waals surface area contributed by atoms with E-state index in [4.69, 9.17) is 5.11 Å². The van der Waals surface area contributed by atoms with Crippen LogP contribution in [-0.2, 0) is 4.79 Å². The van der Waals surface area contributed by atoms with E-state index in [9.17, 15) is 9.90 Å². The van der Waals surface area contributed by atoms with Crippen molar-refractivity contribution in [1.82, 2.24) is 9.97 Å². The SMILES string of the molecule is Cc1ccnc(SCC2(O)CCC(C(=O)O)CC2)n1. The summed E-state index contributed by atoms with van der Waals surface area (Å²) in [6, 6.07) is 1.83. The van der Waals surface area contributed by atoms with Gasteiger partial charge in [-0.05, 0) is 38.7 Å². The highest BCUT2D eigenvalue weighted by atomic mass is 32.2. The third kappa shape index (κ3) is 3.91. The lowest BCUT2D eigenvalue weighted by molar-refractivity contribution is -0.144. The summed E-state index contributed by atoms with van der Waals surface area (Å²) in [6.07, 6.45) is 3.85. The summed E-state index contributed by atoms with van der Waals surface area (Å²) in [7, 11) is 0. The number of aromatic nitrogens is 2. The monoisotopic (exact) mass is 282 g/mol. The van der Waals surface area contributed by atoms with Crippen LogP contribution in [0.5, 0.6) is 0 Å². The standard InChI is InChI=1S/C13H18N2O3S/c1-9-4-7-14-12(15-9)19-8-13(18)5-2-10(3-6-13)11(16)17/h4,7,10,18H,2-3,5-6,8H2,1H3,(H,16,17). The third-order valence-corrected chi connectivity index (χ3v) is 4.64. The number of carboxylic acids is 1. The summed E-state index contributed by atoms with van der Waals surface area (Å²) >= 11 is 1.43. The fourth-order valence-corrected chi connectivity index (χ4v) is 3.27. The summed E-state index contributed by atoms with van der Waals surface area (Å²) in [5, 5.41) is 20.0. The van der Waals surface area contributed by atoms with Gasteiger partial charge in [0.25, 0.3) is 0 Å². The van der Waals surface area contributed by atoms with Gasteiger partial charge in [0.15, 0.2) is 5.16 Å². The second kappa shape index (κ2) is 5.88. The highest BCUT2D eigenvalue weighted by Gasteiger charge is 2.35. The third-order valence-electron chi connectivity index (χ3n) is 3.51. The van der Waals surface area contributed by atoms with Gasteiger partial charge in [0.05, 0.1) is 11.5 Å². The normalized spacial score (nSPS) is 27.2. The Morgan fingerprint density at radius 1 is 1.53 bits per heavy atom. The number of rotatable bonds is 4. The Kier molecular flexibility index (Phi) is 4.42. The Bertz CT molecular complexity index is 459. The van der Waals surface area contributed by atoms with Crippen LogP contribution in [0, 0.1) is 12.8 Å². The van der Waals surface area contributed by atoms with Gasteiger partial charge in [-0.15, -0.1) is 0 Å². The fraction of sp³-hybridized carbons (Fsp3) is 0.615. The first kappa shape index (κ1) is 14.3. The molecule has 0 bridgehead atoms. The smallest absolute Gasteiger partial charge is 0.306 e. The molecular weight excluding hydrogens is 264 g/mol. The molecule has 0 aliphatic heterocycles. The van der Waals surface area contributed by atoms with Crippen LogP contribution in [0.4, 0.5) is 0 Å². The van der Waals surface area contributed by atoms with Gasteiger partial charge in [-0.2, -0.15) is 0 Å². The molecule has 6 heteroatoms. The topological polar surface area (TPSA) is 83.3 Å². The minimum atomic E-state index is -0.788. The summed E-state index contributed by atoms with van der Waals surface area (Å²) in [5.41, 5.74) is 0.114. The Labute approximate surface area is 116 Å². The fourth-order valence-electron chi connectivity index (χ4n) is 2.24. The highest BCUT2D eigenvalue weighted by Crippen LogP contribution is 2.35. The Balaban J connectivity index is 1.88. The molecule has 1 heterocycles. The van der Waals surface area contributed by atoms with Crippen LogP contribution in [0.3, 0.4) is 0 Å². The lowest BCUT2D eigenvalue weighted by Crippen LogP contribution is -2.38. The van der Waals surface area contributed by atoms with Gasteiger partial charge in [-0.1, -0.05) is 11.8 Å². The molecule has 2 rings (SSSR count). The van der Waals surface area contributed by atoms with Crippen molar-refractivity contribution in [3.05, 3.63) is 18.0 Å². The Hall–Kier alpha value is -1.14. The van der Waals surface area contributed by atoms with Crippen LogP contribution in [0.1, 0.15) is 31.4 Å². The van der Waals surface area contributed by atoms with Crippen LogP contribution in [0.25, 0.3) is 0 Å². The zero-order valence-corrected chi connectivity index (χ0v) is 11.7. The maximum absolute atomic E-state index is 10.9. The van der Waals surface area contributed by atoms with E-state index in [1.807, 2.05) is 13.0 Å². The van der Waals surface area contributed by atoms with E-state index in [0.717, 1.165) is 5.69 Å². The van der Waals surface area contributed by atoms with Crippen molar-refractivity contribution in [3.8, 4) is 0 Å². The molecule has 1 fully saturated rings. The van der Waals surface area contributed by atoms with E-state index in [-0.39, 0.29) is 5.92 Å². The van der Waals surface area contributed by atoms with Crippen LogP contribution < -0.4 is 0 Å². The number of aryl methyl sites for hydroxylation is 1. The predicted octanol–water partition coefficient (Wildman–Crippen LogP) is 1.88. The molecule has 1 aromatic rings.